The fraction of sp³-hybridized carbons (Fsp3) is 0.286. The predicted octanol–water partition coefficient (Wildman–Crippen LogP) is 4.02. The van der Waals surface area contributed by atoms with Crippen LogP contribution in [0.15, 0.2) is 30.9 Å². The monoisotopic (exact) mass is 342 g/mol. The Morgan fingerprint density at radius 1 is 1.10 bits per heavy atom. The zero-order chi connectivity index (χ0) is 14.8. The number of halogens is 3. The van der Waals surface area contributed by atoms with Crippen molar-refractivity contribution in [1.82, 2.24) is 19.1 Å². The van der Waals surface area contributed by atoms with Crippen molar-refractivity contribution >= 4 is 45.8 Å². The molecule has 110 valence electrons. The van der Waals surface area contributed by atoms with E-state index < -0.39 is 0 Å². The first kappa shape index (κ1) is 14.7. The highest BCUT2D eigenvalue weighted by Crippen LogP contribution is 2.28. The molecule has 0 N–H and O–H groups in total. The van der Waals surface area contributed by atoms with Gasteiger partial charge in [0.15, 0.2) is 0 Å². The van der Waals surface area contributed by atoms with Gasteiger partial charge in [0, 0.05) is 37.8 Å². The van der Waals surface area contributed by atoms with Crippen molar-refractivity contribution < 1.29 is 0 Å². The molecule has 1 aromatic carbocycles. The summed E-state index contributed by atoms with van der Waals surface area (Å²) < 4.78 is 4.16. The lowest BCUT2D eigenvalue weighted by atomic mass is 10.3. The fourth-order valence-corrected chi connectivity index (χ4v) is 2.81. The summed E-state index contributed by atoms with van der Waals surface area (Å²) in [7, 11) is 0. The molecule has 7 heteroatoms. The summed E-state index contributed by atoms with van der Waals surface area (Å²) >= 11 is 18.1. The van der Waals surface area contributed by atoms with Gasteiger partial charge in [-0.2, -0.15) is 0 Å². The van der Waals surface area contributed by atoms with E-state index in [4.69, 9.17) is 34.8 Å². The minimum Gasteiger partial charge on any atom is -0.336 e. The number of nitrogens with zero attached hydrogens (tertiary/aromatic N) is 4. The van der Waals surface area contributed by atoms with Crippen LogP contribution in [0.3, 0.4) is 0 Å². The van der Waals surface area contributed by atoms with E-state index in [2.05, 4.69) is 14.5 Å². The van der Waals surface area contributed by atoms with Gasteiger partial charge < -0.3 is 9.13 Å². The maximum absolute atomic E-state index is 6.13. The van der Waals surface area contributed by atoms with Crippen LogP contribution in [0.1, 0.15) is 5.82 Å². The van der Waals surface area contributed by atoms with E-state index in [0.29, 0.717) is 22.3 Å². The summed E-state index contributed by atoms with van der Waals surface area (Å²) in [6, 6.07) is 3.66. The van der Waals surface area contributed by atoms with Crippen molar-refractivity contribution in [3.63, 3.8) is 0 Å². The molecule has 0 atom stereocenters. The number of aromatic nitrogens is 4. The SMILES string of the molecule is ClCCc1nc2cc(Cl)c(Cl)cc2n1CCn1ccnc1. The summed E-state index contributed by atoms with van der Waals surface area (Å²) in [6.07, 6.45) is 6.20. The second kappa shape index (κ2) is 6.26. The second-order valence-corrected chi connectivity index (χ2v) is 5.87. The van der Waals surface area contributed by atoms with Gasteiger partial charge in [0.2, 0.25) is 0 Å². The highest BCUT2D eigenvalue weighted by atomic mass is 35.5. The number of alkyl halides is 1. The molecule has 0 spiro atoms. The highest BCUT2D eigenvalue weighted by Gasteiger charge is 2.12. The first-order valence-electron chi connectivity index (χ1n) is 6.55. The summed E-state index contributed by atoms with van der Waals surface area (Å²) in [5, 5.41) is 1.05. The van der Waals surface area contributed by atoms with E-state index in [9.17, 15) is 0 Å². The van der Waals surface area contributed by atoms with Gasteiger partial charge in [0.25, 0.3) is 0 Å². The van der Waals surface area contributed by atoms with Crippen molar-refractivity contribution in [3.8, 4) is 0 Å². The molecule has 3 aromatic rings. The molecule has 0 aliphatic carbocycles. The number of aryl methyl sites for hydroxylation is 3. The van der Waals surface area contributed by atoms with Gasteiger partial charge in [0.1, 0.15) is 5.82 Å². The van der Waals surface area contributed by atoms with Gasteiger partial charge in [-0.3, -0.25) is 0 Å². The molecule has 0 aliphatic heterocycles. The van der Waals surface area contributed by atoms with Crippen LogP contribution in [0.5, 0.6) is 0 Å². The third-order valence-electron chi connectivity index (χ3n) is 3.33. The largest absolute Gasteiger partial charge is 0.336 e. The number of hydrogen-bond donors (Lipinski definition) is 0. The summed E-state index contributed by atoms with van der Waals surface area (Å²) in [6.45, 7) is 1.58. The van der Waals surface area contributed by atoms with Gasteiger partial charge in [-0.25, -0.2) is 9.97 Å². The first-order valence-corrected chi connectivity index (χ1v) is 7.84. The molecule has 0 radical (unpaired) electrons. The second-order valence-electron chi connectivity index (χ2n) is 4.67. The maximum Gasteiger partial charge on any atom is 0.111 e. The standard InChI is InChI=1S/C14H13Cl3N4/c15-2-1-14-19-12-7-10(16)11(17)8-13(12)21(14)6-5-20-4-3-18-9-20/h3-4,7-9H,1-2,5-6H2. The van der Waals surface area contributed by atoms with Crippen molar-refractivity contribution in [3.05, 3.63) is 46.7 Å². The van der Waals surface area contributed by atoms with E-state index in [1.165, 1.54) is 0 Å². The van der Waals surface area contributed by atoms with Crippen LogP contribution in [0, 0.1) is 0 Å². The summed E-state index contributed by atoms with van der Waals surface area (Å²) in [5.41, 5.74) is 1.82. The smallest absolute Gasteiger partial charge is 0.111 e. The van der Waals surface area contributed by atoms with Crippen LogP contribution >= 0.6 is 34.8 Å². The molecule has 0 saturated heterocycles. The molecule has 4 nitrogen and oxygen atoms in total. The molecule has 0 aliphatic rings. The Kier molecular flexibility index (Phi) is 4.38. The lowest BCUT2D eigenvalue weighted by Gasteiger charge is -2.09. The fourth-order valence-electron chi connectivity index (χ4n) is 2.33. The molecule has 0 bridgehead atoms. The molecule has 0 unspecified atom stereocenters. The van der Waals surface area contributed by atoms with E-state index in [0.717, 1.165) is 29.9 Å². The normalized spacial score (nSPS) is 11.4. The average molecular weight is 344 g/mol. The van der Waals surface area contributed by atoms with Gasteiger partial charge in [0.05, 0.1) is 27.4 Å². The quantitative estimate of drug-likeness (QED) is 0.656. The topological polar surface area (TPSA) is 35.6 Å². The van der Waals surface area contributed by atoms with Crippen LogP contribution in [-0.2, 0) is 19.5 Å². The lowest BCUT2D eigenvalue weighted by Crippen LogP contribution is -2.10. The molecular weight excluding hydrogens is 331 g/mol. The molecular formula is C14H13Cl3N4. The number of rotatable bonds is 5. The Morgan fingerprint density at radius 3 is 2.62 bits per heavy atom. The van der Waals surface area contributed by atoms with Crippen LogP contribution < -0.4 is 0 Å². The first-order chi connectivity index (χ1) is 10.2. The van der Waals surface area contributed by atoms with E-state index >= 15 is 0 Å². The number of imidazole rings is 2. The number of benzene rings is 1. The van der Waals surface area contributed by atoms with E-state index in [1.807, 2.05) is 16.8 Å². The van der Waals surface area contributed by atoms with Crippen molar-refractivity contribution in [2.24, 2.45) is 0 Å². The molecule has 0 fully saturated rings. The molecule has 2 heterocycles. The molecule has 0 amide bonds. The van der Waals surface area contributed by atoms with Crippen LogP contribution in [0.4, 0.5) is 0 Å². The van der Waals surface area contributed by atoms with Crippen molar-refractivity contribution in [1.29, 1.82) is 0 Å². The van der Waals surface area contributed by atoms with Crippen molar-refractivity contribution in [2.45, 2.75) is 19.5 Å². The molecule has 2 aromatic heterocycles. The Balaban J connectivity index is 2.00. The molecule has 3 rings (SSSR count). The minimum absolute atomic E-state index is 0.515. The van der Waals surface area contributed by atoms with Crippen LogP contribution in [0.2, 0.25) is 10.0 Å². The molecule has 21 heavy (non-hydrogen) atoms. The van der Waals surface area contributed by atoms with E-state index in [1.54, 1.807) is 18.6 Å². The summed E-state index contributed by atoms with van der Waals surface area (Å²) in [5.74, 6) is 1.47. The van der Waals surface area contributed by atoms with Gasteiger partial charge in [-0.1, -0.05) is 23.2 Å². The summed E-state index contributed by atoms with van der Waals surface area (Å²) in [4.78, 5) is 8.66. The Morgan fingerprint density at radius 2 is 1.90 bits per heavy atom. The van der Waals surface area contributed by atoms with Crippen molar-refractivity contribution in [2.75, 3.05) is 5.88 Å². The third kappa shape index (κ3) is 3.03. The number of hydrogen-bond acceptors (Lipinski definition) is 2. The molecule has 0 saturated carbocycles. The Hall–Kier alpha value is -1.23. The van der Waals surface area contributed by atoms with Crippen LogP contribution in [0.25, 0.3) is 11.0 Å². The zero-order valence-corrected chi connectivity index (χ0v) is 13.4. The van der Waals surface area contributed by atoms with Gasteiger partial charge in [-0.15, -0.1) is 11.6 Å². The maximum atomic E-state index is 6.13. The minimum atomic E-state index is 0.515. The average Bonchev–Trinajstić information content (AvgIpc) is 3.06. The third-order valence-corrected chi connectivity index (χ3v) is 4.24. The predicted molar refractivity (Wildman–Crippen MR) is 86.4 cm³/mol. The van der Waals surface area contributed by atoms with Crippen LogP contribution in [-0.4, -0.2) is 25.0 Å². The van der Waals surface area contributed by atoms with Gasteiger partial charge >= 0.3 is 0 Å². The van der Waals surface area contributed by atoms with E-state index in [-0.39, 0.29) is 0 Å². The number of fused-ring (bicyclic) bond motifs is 1. The van der Waals surface area contributed by atoms with Gasteiger partial charge in [-0.05, 0) is 12.1 Å². The highest BCUT2D eigenvalue weighted by molar-refractivity contribution is 6.42. The lowest BCUT2D eigenvalue weighted by molar-refractivity contribution is 0.572. The Bertz CT molecular complexity index is 749. The zero-order valence-electron chi connectivity index (χ0n) is 11.1. The Labute approximate surface area is 137 Å².